The van der Waals surface area contributed by atoms with E-state index in [1.807, 2.05) is 6.07 Å². The molecule has 3 aromatic carbocycles. The van der Waals surface area contributed by atoms with E-state index in [1.165, 1.54) is 30.3 Å². The van der Waals surface area contributed by atoms with Crippen molar-refractivity contribution >= 4 is 62.8 Å². The van der Waals surface area contributed by atoms with E-state index in [-0.39, 0.29) is 23.4 Å². The Morgan fingerprint density at radius 2 is 1.91 bits per heavy atom. The summed E-state index contributed by atoms with van der Waals surface area (Å²) in [7, 11) is 0. The summed E-state index contributed by atoms with van der Waals surface area (Å²) >= 11 is 15.5. The minimum absolute atomic E-state index is 0.0128. The second-order valence-corrected chi connectivity index (χ2v) is 8.48. The van der Waals surface area contributed by atoms with E-state index >= 15 is 0 Å². The Kier molecular flexibility index (Phi) is 8.12. The smallest absolute Gasteiger partial charge is 0.335 e. The van der Waals surface area contributed by atoms with E-state index in [4.69, 9.17) is 33.0 Å². The molecule has 0 unspecified atom stereocenters. The zero-order valence-electron chi connectivity index (χ0n) is 16.8. The molecule has 0 radical (unpaired) electrons. The molecule has 0 fully saturated rings. The van der Waals surface area contributed by atoms with Crippen LogP contribution in [0.1, 0.15) is 21.5 Å². The lowest BCUT2D eigenvalue weighted by molar-refractivity contribution is -0.112. The summed E-state index contributed by atoms with van der Waals surface area (Å²) in [4.78, 5) is 23.8. The highest BCUT2D eigenvalue weighted by Crippen LogP contribution is 2.28. The molecule has 0 spiro atoms. The van der Waals surface area contributed by atoms with Crippen molar-refractivity contribution < 1.29 is 19.4 Å². The van der Waals surface area contributed by atoms with Crippen LogP contribution < -0.4 is 10.1 Å². The fourth-order valence-electron chi connectivity index (χ4n) is 2.79. The summed E-state index contributed by atoms with van der Waals surface area (Å²) in [5.41, 5.74) is 1.28. The molecule has 1 amide bonds. The van der Waals surface area contributed by atoms with Crippen LogP contribution >= 0.6 is 39.1 Å². The number of hydrogen-bond donors (Lipinski definition) is 2. The first-order valence-electron chi connectivity index (χ1n) is 9.39. The van der Waals surface area contributed by atoms with Crippen molar-refractivity contribution in [2.45, 2.75) is 6.61 Å². The second-order valence-electron chi connectivity index (χ2n) is 6.72. The van der Waals surface area contributed by atoms with Gasteiger partial charge in [0.1, 0.15) is 24.0 Å². The van der Waals surface area contributed by atoms with Crippen molar-refractivity contribution in [3.63, 3.8) is 0 Å². The van der Waals surface area contributed by atoms with Crippen molar-refractivity contribution in [3.05, 3.63) is 97.4 Å². The Morgan fingerprint density at radius 3 is 2.61 bits per heavy atom. The predicted octanol–water partition coefficient (Wildman–Crippen LogP) is 6.58. The molecule has 6 nitrogen and oxygen atoms in total. The molecule has 0 heterocycles. The Balaban J connectivity index is 1.84. The third-order valence-electron chi connectivity index (χ3n) is 4.40. The average Bonchev–Trinajstić information content (AvgIpc) is 2.78. The molecule has 0 aliphatic carbocycles. The highest BCUT2D eigenvalue weighted by atomic mass is 79.9. The number of rotatable bonds is 7. The topological polar surface area (TPSA) is 99.4 Å². The molecule has 2 N–H and O–H groups in total. The van der Waals surface area contributed by atoms with E-state index in [0.29, 0.717) is 21.4 Å². The molecular weight excluding hydrogens is 531 g/mol. The lowest BCUT2D eigenvalue weighted by Crippen LogP contribution is -2.14. The first-order valence-corrected chi connectivity index (χ1v) is 10.9. The van der Waals surface area contributed by atoms with Gasteiger partial charge in [-0.25, -0.2) is 4.79 Å². The number of halogens is 3. The van der Waals surface area contributed by atoms with E-state index in [0.717, 1.165) is 10.0 Å². The number of carboxylic acids is 1. The number of carbonyl (C=O) groups excluding carboxylic acids is 1. The summed E-state index contributed by atoms with van der Waals surface area (Å²) in [5, 5.41) is 22.2. The molecule has 3 rings (SSSR count). The maximum atomic E-state index is 12.6. The molecule has 0 aliphatic heterocycles. The fraction of sp³-hybridized carbons (Fsp3) is 0.0417. The highest BCUT2D eigenvalue weighted by Gasteiger charge is 2.13. The summed E-state index contributed by atoms with van der Waals surface area (Å²) in [6.07, 6.45) is 1.39. The van der Waals surface area contributed by atoms with Gasteiger partial charge in [0.2, 0.25) is 0 Å². The van der Waals surface area contributed by atoms with Crippen LogP contribution in [0.3, 0.4) is 0 Å². The third kappa shape index (κ3) is 6.59. The van der Waals surface area contributed by atoms with Crippen molar-refractivity contribution in [1.82, 2.24) is 0 Å². The van der Waals surface area contributed by atoms with Crippen LogP contribution in [-0.2, 0) is 11.4 Å². The van der Waals surface area contributed by atoms with Crippen LogP contribution in [0.15, 0.2) is 70.7 Å². The number of amides is 1. The van der Waals surface area contributed by atoms with Crippen molar-refractivity contribution in [2.75, 3.05) is 5.32 Å². The van der Waals surface area contributed by atoms with Crippen LogP contribution in [0.25, 0.3) is 6.08 Å². The van der Waals surface area contributed by atoms with Gasteiger partial charge < -0.3 is 15.2 Å². The van der Waals surface area contributed by atoms with E-state index in [9.17, 15) is 14.9 Å². The summed E-state index contributed by atoms with van der Waals surface area (Å²) < 4.78 is 6.60. The van der Waals surface area contributed by atoms with Gasteiger partial charge in [-0.15, -0.1) is 0 Å². The lowest BCUT2D eigenvalue weighted by Gasteiger charge is -2.12. The largest absolute Gasteiger partial charge is 0.488 e. The number of carboxylic acid groups (broad SMARTS) is 1. The van der Waals surface area contributed by atoms with Gasteiger partial charge in [0.15, 0.2) is 0 Å². The molecule has 0 saturated heterocycles. The Labute approximate surface area is 208 Å². The lowest BCUT2D eigenvalue weighted by atomic mass is 10.1. The first kappa shape index (κ1) is 24.3. The predicted molar refractivity (Wildman–Crippen MR) is 131 cm³/mol. The quantitative estimate of drug-likeness (QED) is 0.258. The molecule has 9 heteroatoms. The van der Waals surface area contributed by atoms with Crippen molar-refractivity contribution in [1.29, 1.82) is 5.26 Å². The first-order chi connectivity index (χ1) is 15.8. The normalized spacial score (nSPS) is 10.9. The third-order valence-corrected chi connectivity index (χ3v) is 5.48. The van der Waals surface area contributed by atoms with Gasteiger partial charge in [-0.05, 0) is 54.6 Å². The number of benzene rings is 3. The zero-order chi connectivity index (χ0) is 24.0. The average molecular weight is 546 g/mol. The molecule has 33 heavy (non-hydrogen) atoms. The number of nitrogens with zero attached hydrogens (tertiary/aromatic N) is 1. The number of anilines is 1. The van der Waals surface area contributed by atoms with Crippen LogP contribution in [0.5, 0.6) is 5.75 Å². The van der Waals surface area contributed by atoms with Gasteiger partial charge >= 0.3 is 5.97 Å². The van der Waals surface area contributed by atoms with Gasteiger partial charge in [0.25, 0.3) is 5.91 Å². The van der Waals surface area contributed by atoms with E-state index in [2.05, 4.69) is 21.2 Å². The van der Waals surface area contributed by atoms with Crippen molar-refractivity contribution in [3.8, 4) is 11.8 Å². The summed E-state index contributed by atoms with van der Waals surface area (Å²) in [6, 6.07) is 17.8. The molecule has 166 valence electrons. The Bertz CT molecular complexity index is 1300. The minimum atomic E-state index is -1.13. The molecular formula is C24H15BrCl2N2O4. The number of nitrogens with one attached hydrogen (secondary N) is 1. The molecule has 0 aliphatic rings. The van der Waals surface area contributed by atoms with Gasteiger partial charge in [0, 0.05) is 31.3 Å². The van der Waals surface area contributed by atoms with Gasteiger partial charge in [-0.3, -0.25) is 4.79 Å². The highest BCUT2D eigenvalue weighted by molar-refractivity contribution is 9.10. The maximum Gasteiger partial charge on any atom is 0.335 e. The molecule has 3 aromatic rings. The van der Waals surface area contributed by atoms with Crippen LogP contribution in [0.2, 0.25) is 10.0 Å². The number of aromatic carboxylic acids is 1. The summed E-state index contributed by atoms with van der Waals surface area (Å²) in [6.45, 7) is 0.147. The van der Waals surface area contributed by atoms with Gasteiger partial charge in [-0.2, -0.15) is 5.26 Å². The zero-order valence-corrected chi connectivity index (χ0v) is 19.9. The van der Waals surface area contributed by atoms with Crippen LogP contribution in [0.4, 0.5) is 5.69 Å². The minimum Gasteiger partial charge on any atom is -0.488 e. The molecule has 0 atom stereocenters. The van der Waals surface area contributed by atoms with E-state index in [1.54, 1.807) is 36.4 Å². The van der Waals surface area contributed by atoms with Crippen molar-refractivity contribution in [2.24, 2.45) is 0 Å². The number of carbonyl (C=O) groups is 2. The van der Waals surface area contributed by atoms with Crippen LogP contribution in [0, 0.1) is 11.3 Å². The second kappa shape index (κ2) is 11.0. The fourth-order valence-corrected chi connectivity index (χ4v) is 3.63. The summed E-state index contributed by atoms with van der Waals surface area (Å²) in [5.74, 6) is -1.39. The number of hydrogen-bond acceptors (Lipinski definition) is 4. The number of ether oxygens (including phenoxy) is 1. The molecule has 0 aromatic heterocycles. The monoisotopic (exact) mass is 544 g/mol. The van der Waals surface area contributed by atoms with Gasteiger partial charge in [0.05, 0.1) is 5.56 Å². The van der Waals surface area contributed by atoms with E-state index < -0.39 is 11.9 Å². The SMILES string of the molecule is N#C/C(=C/c1cc(Br)ccc1OCc1ccc(Cl)cc1Cl)C(=O)Nc1cccc(C(=O)O)c1. The standard InChI is InChI=1S/C24H15BrCl2N2O4/c25-18-5-7-22(33-13-15-4-6-19(26)11-21(15)27)16(9-18)8-17(12-28)23(30)29-20-3-1-2-14(10-20)24(31)32/h1-11H,13H2,(H,29,30)(H,31,32)/b17-8-. The molecule has 0 saturated carbocycles. The molecule has 0 bridgehead atoms. The van der Waals surface area contributed by atoms with Gasteiger partial charge in [-0.1, -0.05) is 51.3 Å². The van der Waals surface area contributed by atoms with Crippen LogP contribution in [-0.4, -0.2) is 17.0 Å². The number of nitriles is 1. The maximum absolute atomic E-state index is 12.6. The Morgan fingerprint density at radius 1 is 1.12 bits per heavy atom. The Hall–Kier alpha value is -3.31.